The van der Waals surface area contributed by atoms with E-state index in [4.69, 9.17) is 10.8 Å². The lowest BCUT2D eigenvalue weighted by Gasteiger charge is -2.06. The number of halogens is 2. The maximum absolute atomic E-state index is 12.4. The van der Waals surface area contributed by atoms with Crippen molar-refractivity contribution in [2.24, 2.45) is 12.8 Å². The Morgan fingerprint density at radius 2 is 2.29 bits per heavy atom. The molecule has 1 atom stereocenters. The largest absolute Gasteiger partial charge is 0.395 e. The van der Waals surface area contributed by atoms with E-state index in [-0.39, 0.29) is 18.7 Å². The molecular weight excluding hydrogens is 192 g/mol. The zero-order valence-electron chi connectivity index (χ0n) is 7.82. The maximum Gasteiger partial charge on any atom is 0.282 e. The van der Waals surface area contributed by atoms with E-state index in [2.05, 4.69) is 5.10 Å². The monoisotopic (exact) mass is 205 g/mol. The van der Waals surface area contributed by atoms with E-state index < -0.39 is 12.5 Å². The number of nitrogens with two attached hydrogens (primary N) is 1. The SMILES string of the molecule is Cn1cc(CC(N)CO)c(C(F)F)n1. The number of aliphatic hydroxyl groups is 1. The summed E-state index contributed by atoms with van der Waals surface area (Å²) >= 11 is 0. The molecular formula is C8H13F2N3O. The molecule has 0 saturated carbocycles. The first-order valence-corrected chi connectivity index (χ1v) is 4.21. The average Bonchev–Trinajstić information content (AvgIpc) is 2.46. The molecule has 3 N–H and O–H groups in total. The summed E-state index contributed by atoms with van der Waals surface area (Å²) in [5.74, 6) is 0. The van der Waals surface area contributed by atoms with Gasteiger partial charge in [-0.05, 0) is 6.42 Å². The van der Waals surface area contributed by atoms with Gasteiger partial charge >= 0.3 is 0 Å². The van der Waals surface area contributed by atoms with E-state index in [9.17, 15) is 8.78 Å². The zero-order chi connectivity index (χ0) is 10.7. The molecule has 0 aliphatic heterocycles. The molecule has 4 nitrogen and oxygen atoms in total. The van der Waals surface area contributed by atoms with Crippen molar-refractivity contribution in [3.63, 3.8) is 0 Å². The van der Waals surface area contributed by atoms with Crippen LogP contribution in [0.5, 0.6) is 0 Å². The van der Waals surface area contributed by atoms with Gasteiger partial charge in [0.15, 0.2) is 0 Å². The Hall–Kier alpha value is -1.01. The van der Waals surface area contributed by atoms with Gasteiger partial charge in [0.1, 0.15) is 5.69 Å². The molecule has 14 heavy (non-hydrogen) atoms. The summed E-state index contributed by atoms with van der Waals surface area (Å²) in [5, 5.41) is 12.3. The van der Waals surface area contributed by atoms with Crippen LogP contribution in [0.3, 0.4) is 0 Å². The third-order valence-corrected chi connectivity index (χ3v) is 1.86. The van der Waals surface area contributed by atoms with E-state index >= 15 is 0 Å². The zero-order valence-corrected chi connectivity index (χ0v) is 7.82. The van der Waals surface area contributed by atoms with Gasteiger partial charge in [-0.2, -0.15) is 5.10 Å². The van der Waals surface area contributed by atoms with Crippen molar-refractivity contribution in [1.82, 2.24) is 9.78 Å². The van der Waals surface area contributed by atoms with Crippen LogP contribution in [0.4, 0.5) is 8.78 Å². The fourth-order valence-electron chi connectivity index (χ4n) is 1.24. The van der Waals surface area contributed by atoms with Crippen LogP contribution in [0.2, 0.25) is 0 Å². The van der Waals surface area contributed by atoms with Crippen molar-refractivity contribution < 1.29 is 13.9 Å². The van der Waals surface area contributed by atoms with Crippen molar-refractivity contribution in [1.29, 1.82) is 0 Å². The molecule has 0 aromatic carbocycles. The molecule has 0 amide bonds. The van der Waals surface area contributed by atoms with E-state index in [1.54, 1.807) is 7.05 Å². The lowest BCUT2D eigenvalue weighted by molar-refractivity contribution is 0.143. The second-order valence-electron chi connectivity index (χ2n) is 3.16. The Bertz CT molecular complexity index is 301. The summed E-state index contributed by atoms with van der Waals surface area (Å²) in [6.45, 7) is -0.225. The number of hydrogen-bond donors (Lipinski definition) is 2. The second kappa shape index (κ2) is 4.47. The predicted molar refractivity (Wildman–Crippen MR) is 46.9 cm³/mol. The maximum atomic E-state index is 12.4. The number of alkyl halides is 2. The van der Waals surface area contributed by atoms with Gasteiger partial charge in [-0.1, -0.05) is 0 Å². The van der Waals surface area contributed by atoms with E-state index in [0.717, 1.165) is 0 Å². The Balaban J connectivity index is 2.84. The molecule has 0 radical (unpaired) electrons. The number of nitrogens with zero attached hydrogens (tertiary/aromatic N) is 2. The molecule has 0 aliphatic carbocycles. The lowest BCUT2D eigenvalue weighted by Crippen LogP contribution is -2.27. The van der Waals surface area contributed by atoms with Crippen molar-refractivity contribution >= 4 is 0 Å². The van der Waals surface area contributed by atoms with Gasteiger partial charge in [-0.15, -0.1) is 0 Å². The van der Waals surface area contributed by atoms with Gasteiger partial charge in [-0.25, -0.2) is 8.78 Å². The molecule has 1 rings (SSSR count). The van der Waals surface area contributed by atoms with E-state index in [0.29, 0.717) is 5.56 Å². The van der Waals surface area contributed by atoms with Crippen molar-refractivity contribution in [2.45, 2.75) is 18.9 Å². The van der Waals surface area contributed by atoms with Crippen LogP contribution in [0.25, 0.3) is 0 Å². The highest BCUT2D eigenvalue weighted by Gasteiger charge is 2.18. The van der Waals surface area contributed by atoms with Crippen LogP contribution in [-0.4, -0.2) is 27.5 Å². The van der Waals surface area contributed by atoms with Crippen molar-refractivity contribution in [3.05, 3.63) is 17.5 Å². The summed E-state index contributed by atoms with van der Waals surface area (Å²) in [4.78, 5) is 0. The summed E-state index contributed by atoms with van der Waals surface area (Å²) in [5.41, 5.74) is 5.59. The molecule has 0 fully saturated rings. The summed E-state index contributed by atoms with van der Waals surface area (Å²) in [6, 6.07) is -0.517. The molecule has 0 spiro atoms. The third-order valence-electron chi connectivity index (χ3n) is 1.86. The van der Waals surface area contributed by atoms with Gasteiger partial charge in [-0.3, -0.25) is 4.68 Å². The quantitative estimate of drug-likeness (QED) is 0.739. The highest BCUT2D eigenvalue weighted by atomic mass is 19.3. The van der Waals surface area contributed by atoms with Crippen LogP contribution in [-0.2, 0) is 13.5 Å². The van der Waals surface area contributed by atoms with Crippen LogP contribution < -0.4 is 5.73 Å². The number of aromatic nitrogens is 2. The van der Waals surface area contributed by atoms with E-state index in [1.807, 2.05) is 0 Å². The Labute approximate surface area is 80.3 Å². The summed E-state index contributed by atoms with van der Waals surface area (Å²) < 4.78 is 26.2. The minimum atomic E-state index is -2.60. The second-order valence-corrected chi connectivity index (χ2v) is 3.16. The van der Waals surface area contributed by atoms with Crippen LogP contribution >= 0.6 is 0 Å². The van der Waals surface area contributed by atoms with Crippen LogP contribution in [0, 0.1) is 0 Å². The van der Waals surface area contributed by atoms with Crippen LogP contribution in [0.1, 0.15) is 17.7 Å². The van der Waals surface area contributed by atoms with Crippen LogP contribution in [0.15, 0.2) is 6.20 Å². The van der Waals surface area contributed by atoms with Gasteiger partial charge in [0.05, 0.1) is 6.61 Å². The molecule has 1 aromatic heterocycles. The molecule has 0 saturated heterocycles. The highest BCUT2D eigenvalue weighted by molar-refractivity contribution is 5.19. The summed E-state index contributed by atoms with van der Waals surface area (Å²) in [6.07, 6.45) is -0.891. The molecule has 0 aliphatic rings. The molecule has 1 heterocycles. The fourth-order valence-corrected chi connectivity index (χ4v) is 1.24. The average molecular weight is 205 g/mol. The number of rotatable bonds is 4. The number of hydrogen-bond acceptors (Lipinski definition) is 3. The number of aliphatic hydroxyl groups excluding tert-OH is 1. The lowest BCUT2D eigenvalue weighted by atomic mass is 10.1. The number of aryl methyl sites for hydroxylation is 1. The molecule has 80 valence electrons. The minimum absolute atomic E-state index is 0.212. The molecule has 1 unspecified atom stereocenters. The van der Waals surface area contributed by atoms with E-state index in [1.165, 1.54) is 10.9 Å². The highest BCUT2D eigenvalue weighted by Crippen LogP contribution is 2.21. The van der Waals surface area contributed by atoms with Crippen molar-refractivity contribution in [2.75, 3.05) is 6.61 Å². The Morgan fingerprint density at radius 3 is 2.79 bits per heavy atom. The first-order valence-electron chi connectivity index (χ1n) is 4.21. The molecule has 1 aromatic rings. The predicted octanol–water partition coefficient (Wildman–Crippen LogP) is 0.220. The Kier molecular flexibility index (Phi) is 3.54. The topological polar surface area (TPSA) is 64.1 Å². The van der Waals surface area contributed by atoms with Gasteiger partial charge in [0.2, 0.25) is 0 Å². The van der Waals surface area contributed by atoms with Gasteiger partial charge < -0.3 is 10.8 Å². The van der Waals surface area contributed by atoms with Gasteiger partial charge in [0.25, 0.3) is 6.43 Å². The van der Waals surface area contributed by atoms with Crippen molar-refractivity contribution in [3.8, 4) is 0 Å². The standard InChI is InChI=1S/C8H13F2N3O/c1-13-3-5(2-6(11)4-14)7(12-13)8(9)10/h3,6,8,14H,2,4,11H2,1H3. The first-order chi connectivity index (χ1) is 6.54. The molecule has 6 heteroatoms. The molecule has 0 bridgehead atoms. The smallest absolute Gasteiger partial charge is 0.282 e. The third kappa shape index (κ3) is 2.49. The normalized spacial score (nSPS) is 13.6. The summed E-state index contributed by atoms with van der Waals surface area (Å²) in [7, 11) is 1.57. The first kappa shape index (κ1) is 11.1. The minimum Gasteiger partial charge on any atom is -0.395 e. The van der Waals surface area contributed by atoms with Gasteiger partial charge in [0, 0.05) is 24.8 Å². The Morgan fingerprint density at radius 1 is 1.64 bits per heavy atom. The fraction of sp³-hybridized carbons (Fsp3) is 0.625.